The van der Waals surface area contributed by atoms with E-state index in [2.05, 4.69) is 0 Å². The zero-order valence-corrected chi connectivity index (χ0v) is 26.4. The molecule has 14 unspecified atom stereocenters. The SMILES string of the molecule is C[C@@H]1CCC2C(C(=O)O[C@H]3C4C=CO[C@@H](OC5OC(CO)C(O)C(O)C5O)C4[C@@]4(CO)O[C@@H]34)=CO[C@@H](OC3OC(CO)C(O)C(O)C3O)C21. The number of aliphatic hydroxyl groups is 9. The molecule has 5 heterocycles. The topological polar surface area (TPSA) is 276 Å². The van der Waals surface area contributed by atoms with Gasteiger partial charge in [-0.2, -0.15) is 0 Å². The first-order valence-electron chi connectivity index (χ1n) is 16.5. The van der Waals surface area contributed by atoms with Gasteiger partial charge in [0.05, 0.1) is 43.8 Å². The third-order valence-electron chi connectivity index (χ3n) is 11.3. The Bertz CT molecular complexity index is 1280. The van der Waals surface area contributed by atoms with Gasteiger partial charge in [-0.3, -0.25) is 0 Å². The van der Waals surface area contributed by atoms with Crippen molar-refractivity contribution in [2.75, 3.05) is 19.8 Å². The van der Waals surface area contributed by atoms with E-state index in [1.165, 1.54) is 12.5 Å². The Labute approximate surface area is 279 Å². The largest absolute Gasteiger partial charge is 0.472 e. The van der Waals surface area contributed by atoms with Crippen molar-refractivity contribution < 1.29 is 88.6 Å². The molecule has 0 spiro atoms. The standard InChI is InChI=1S/C31H44O18/c1-10-2-3-11-13(8-43-27(16(10)11)47-29-22(39)20(37)18(35)14(6-32)44-29)26(41)46-24-12-4-5-42-28(17(12)31(9-34)25(24)49-31)48-30-23(40)21(38)19(36)15(7-33)45-30/h4-5,8,10-12,14-25,27-30,32-40H,2-3,6-7,9H2,1H3/t10-,11?,12?,14?,15?,16?,17?,18?,19?,20?,21?,22?,23?,24+,25+,27+,28+,29?,30?,31-/m1/s1. The highest BCUT2D eigenvalue weighted by Crippen LogP contribution is 2.61. The van der Waals surface area contributed by atoms with Gasteiger partial charge in [0, 0.05) is 17.8 Å². The van der Waals surface area contributed by atoms with Crippen LogP contribution in [0.2, 0.25) is 0 Å². The maximum atomic E-state index is 13.8. The second kappa shape index (κ2) is 13.5. The number of hydrogen-bond acceptors (Lipinski definition) is 18. The second-order valence-electron chi connectivity index (χ2n) is 13.9. The summed E-state index contributed by atoms with van der Waals surface area (Å²) in [5.41, 5.74) is -0.988. The first kappa shape index (κ1) is 35.4. The monoisotopic (exact) mass is 704 g/mol. The zero-order chi connectivity index (χ0) is 34.9. The van der Waals surface area contributed by atoms with Crippen molar-refractivity contribution in [3.8, 4) is 0 Å². The van der Waals surface area contributed by atoms with Crippen molar-refractivity contribution in [3.63, 3.8) is 0 Å². The number of ether oxygens (including phenoxy) is 8. The minimum atomic E-state index is -1.70. The van der Waals surface area contributed by atoms with E-state index < -0.39 is 129 Å². The summed E-state index contributed by atoms with van der Waals surface area (Å²) >= 11 is 0. The van der Waals surface area contributed by atoms with Gasteiger partial charge < -0.3 is 83.9 Å². The predicted molar refractivity (Wildman–Crippen MR) is 154 cm³/mol. The summed E-state index contributed by atoms with van der Waals surface area (Å²) < 4.78 is 46.4. The molecule has 0 bridgehead atoms. The van der Waals surface area contributed by atoms with Gasteiger partial charge >= 0.3 is 5.97 Å². The number of esters is 1. The van der Waals surface area contributed by atoms with Crippen LogP contribution < -0.4 is 0 Å². The lowest BCUT2D eigenvalue weighted by Gasteiger charge is -2.43. The smallest absolute Gasteiger partial charge is 0.337 e. The van der Waals surface area contributed by atoms with Crippen LogP contribution >= 0.6 is 0 Å². The molecule has 0 radical (unpaired) electrons. The van der Waals surface area contributed by atoms with Crippen LogP contribution in [-0.2, 0) is 42.7 Å². The summed E-state index contributed by atoms with van der Waals surface area (Å²) in [5.74, 6) is -2.79. The number of aliphatic hydroxyl groups excluding tert-OH is 9. The maximum Gasteiger partial charge on any atom is 0.337 e. The van der Waals surface area contributed by atoms with E-state index in [0.29, 0.717) is 12.8 Å². The van der Waals surface area contributed by atoms with E-state index in [4.69, 9.17) is 37.9 Å². The Morgan fingerprint density at radius 1 is 0.816 bits per heavy atom. The van der Waals surface area contributed by atoms with E-state index in [1.807, 2.05) is 6.92 Å². The Balaban J connectivity index is 1.05. The fourth-order valence-corrected chi connectivity index (χ4v) is 8.48. The highest BCUT2D eigenvalue weighted by Gasteiger charge is 2.77. The molecule has 18 nitrogen and oxygen atoms in total. The summed E-state index contributed by atoms with van der Waals surface area (Å²) in [6.45, 7) is 0.196. The molecule has 7 rings (SSSR count). The molecule has 5 fully saturated rings. The molecule has 9 N–H and O–H groups in total. The quantitative estimate of drug-likeness (QED) is 0.0811. The van der Waals surface area contributed by atoms with Crippen molar-refractivity contribution in [1.29, 1.82) is 0 Å². The van der Waals surface area contributed by atoms with E-state index >= 15 is 0 Å². The van der Waals surface area contributed by atoms with Crippen LogP contribution in [0.15, 0.2) is 24.2 Å². The van der Waals surface area contributed by atoms with Crippen LogP contribution in [0.1, 0.15) is 19.8 Å². The molecule has 0 amide bonds. The predicted octanol–water partition coefficient (Wildman–Crippen LogP) is -4.32. The lowest BCUT2D eigenvalue weighted by Crippen LogP contribution is -2.60. The number of fused-ring (bicyclic) bond motifs is 4. The van der Waals surface area contributed by atoms with Crippen molar-refractivity contribution in [2.45, 2.75) is 112 Å². The Hall–Kier alpha value is -2.01. The molecule has 3 saturated heterocycles. The molecule has 7 aliphatic rings. The van der Waals surface area contributed by atoms with Gasteiger partial charge in [0.25, 0.3) is 0 Å². The van der Waals surface area contributed by atoms with Crippen LogP contribution in [-0.4, -0.2) is 164 Å². The fraction of sp³-hybridized carbons (Fsp3) is 0.839. The zero-order valence-electron chi connectivity index (χ0n) is 26.4. The molecule has 0 aromatic heterocycles. The van der Waals surface area contributed by atoms with Crippen molar-refractivity contribution in [3.05, 3.63) is 24.2 Å². The summed E-state index contributed by atoms with van der Waals surface area (Å²) in [6.07, 6.45) is -13.5. The molecule has 2 saturated carbocycles. The van der Waals surface area contributed by atoms with Crippen LogP contribution in [0.3, 0.4) is 0 Å². The van der Waals surface area contributed by atoms with Crippen molar-refractivity contribution in [1.82, 2.24) is 0 Å². The Morgan fingerprint density at radius 2 is 1.43 bits per heavy atom. The molecule has 276 valence electrons. The second-order valence-corrected chi connectivity index (χ2v) is 13.9. The summed E-state index contributed by atoms with van der Waals surface area (Å²) in [6, 6.07) is 0. The van der Waals surface area contributed by atoms with Gasteiger partial charge in [0.1, 0.15) is 66.6 Å². The molecule has 2 aliphatic carbocycles. The average molecular weight is 705 g/mol. The van der Waals surface area contributed by atoms with E-state index in [0.717, 1.165) is 0 Å². The number of epoxide rings is 1. The van der Waals surface area contributed by atoms with Crippen LogP contribution in [0, 0.1) is 29.6 Å². The van der Waals surface area contributed by atoms with E-state index in [9.17, 15) is 50.8 Å². The van der Waals surface area contributed by atoms with Gasteiger partial charge in [-0.05, 0) is 24.8 Å². The minimum absolute atomic E-state index is 0.000182. The van der Waals surface area contributed by atoms with E-state index in [-0.39, 0.29) is 23.3 Å². The number of carbonyl (C=O) groups is 1. The molecule has 0 aromatic carbocycles. The number of hydrogen-bond donors (Lipinski definition) is 9. The Morgan fingerprint density at radius 3 is 2.02 bits per heavy atom. The van der Waals surface area contributed by atoms with Gasteiger partial charge in [-0.15, -0.1) is 0 Å². The molecule has 0 aromatic rings. The number of carbonyl (C=O) groups excluding carboxylic acids is 1. The van der Waals surface area contributed by atoms with Gasteiger partial charge in [-0.25, -0.2) is 4.79 Å². The van der Waals surface area contributed by atoms with Gasteiger partial charge in [0.15, 0.2) is 12.6 Å². The molecule has 49 heavy (non-hydrogen) atoms. The third-order valence-corrected chi connectivity index (χ3v) is 11.3. The van der Waals surface area contributed by atoms with Crippen molar-refractivity contribution in [2.24, 2.45) is 29.6 Å². The molecule has 18 heteroatoms. The van der Waals surface area contributed by atoms with Crippen LogP contribution in [0.25, 0.3) is 0 Å². The van der Waals surface area contributed by atoms with Crippen molar-refractivity contribution >= 4 is 5.97 Å². The summed E-state index contributed by atoms with van der Waals surface area (Å²) in [5, 5.41) is 91.3. The minimum Gasteiger partial charge on any atom is -0.472 e. The Kier molecular flexibility index (Phi) is 9.76. The molecule has 5 aliphatic heterocycles. The van der Waals surface area contributed by atoms with Gasteiger partial charge in [0.2, 0.25) is 12.6 Å². The summed E-state index contributed by atoms with van der Waals surface area (Å²) in [7, 11) is 0. The van der Waals surface area contributed by atoms with Crippen LogP contribution in [0.4, 0.5) is 0 Å². The highest BCUT2D eigenvalue weighted by molar-refractivity contribution is 5.89. The summed E-state index contributed by atoms with van der Waals surface area (Å²) in [4.78, 5) is 13.8. The lowest BCUT2D eigenvalue weighted by atomic mass is 9.83. The van der Waals surface area contributed by atoms with E-state index in [1.54, 1.807) is 6.08 Å². The number of rotatable bonds is 9. The molecular weight excluding hydrogens is 660 g/mol. The maximum absolute atomic E-state index is 13.8. The first-order chi connectivity index (χ1) is 23.4. The molecular formula is C31H44O18. The average Bonchev–Trinajstić information content (AvgIpc) is 3.62. The van der Waals surface area contributed by atoms with Gasteiger partial charge in [-0.1, -0.05) is 6.92 Å². The third kappa shape index (κ3) is 5.79. The molecule has 20 atom stereocenters. The lowest BCUT2D eigenvalue weighted by molar-refractivity contribution is -0.344. The van der Waals surface area contributed by atoms with Crippen LogP contribution in [0.5, 0.6) is 0 Å². The highest BCUT2D eigenvalue weighted by atomic mass is 16.8. The normalized spacial score (nSPS) is 53.0. The first-order valence-corrected chi connectivity index (χ1v) is 16.5. The fourth-order valence-electron chi connectivity index (χ4n) is 8.48.